The van der Waals surface area contributed by atoms with E-state index in [1.54, 1.807) is 0 Å². The molecule has 0 atom stereocenters. The van der Waals surface area contributed by atoms with E-state index < -0.39 is 0 Å². The van der Waals surface area contributed by atoms with Crippen LogP contribution in [0.2, 0.25) is 0 Å². The zero-order valence-electron chi connectivity index (χ0n) is 13.1. The molecule has 0 saturated carbocycles. The Bertz CT molecular complexity index is 609. The number of hydrogen-bond acceptors (Lipinski definition) is 2. The lowest BCUT2D eigenvalue weighted by Crippen LogP contribution is -2.38. The van der Waals surface area contributed by atoms with Crippen molar-refractivity contribution in [3.05, 3.63) is 35.5 Å². The smallest absolute Gasteiger partial charge is 0.191 e. The molecule has 0 bridgehead atoms. The fraction of sp³-hybridized carbons (Fsp3) is 0.438. The van der Waals surface area contributed by atoms with Gasteiger partial charge in [-0.25, -0.2) is 0 Å². The topological polar surface area (TPSA) is 72.4 Å². The minimum absolute atomic E-state index is 0. The van der Waals surface area contributed by atoms with Gasteiger partial charge in [0.05, 0.1) is 13.2 Å². The van der Waals surface area contributed by atoms with Crippen LogP contribution in [0.5, 0.6) is 0 Å². The van der Waals surface area contributed by atoms with Crippen molar-refractivity contribution < 1.29 is 5.11 Å². The number of nitrogens with one attached hydrogen (secondary N) is 3. The van der Waals surface area contributed by atoms with Gasteiger partial charge < -0.3 is 20.7 Å². The van der Waals surface area contributed by atoms with Crippen molar-refractivity contribution in [2.45, 2.75) is 20.3 Å². The molecule has 0 saturated heterocycles. The summed E-state index contributed by atoms with van der Waals surface area (Å²) in [5, 5.41) is 16.6. The third kappa shape index (κ3) is 4.88. The highest BCUT2D eigenvalue weighted by Gasteiger charge is 2.06. The number of hydrogen-bond donors (Lipinski definition) is 4. The molecule has 1 aromatic heterocycles. The number of aryl methyl sites for hydroxylation is 1. The summed E-state index contributed by atoms with van der Waals surface area (Å²) in [4.78, 5) is 7.59. The number of nitrogens with zero attached hydrogens (tertiary/aromatic N) is 1. The molecule has 0 spiro atoms. The molecule has 122 valence electrons. The minimum Gasteiger partial charge on any atom is -0.394 e. The van der Waals surface area contributed by atoms with E-state index in [0.717, 1.165) is 25.5 Å². The van der Waals surface area contributed by atoms with Crippen LogP contribution in [0.3, 0.4) is 0 Å². The van der Waals surface area contributed by atoms with E-state index in [0.29, 0.717) is 6.54 Å². The summed E-state index contributed by atoms with van der Waals surface area (Å²) in [6, 6.07) is 6.31. The van der Waals surface area contributed by atoms with Crippen molar-refractivity contribution in [2.24, 2.45) is 4.99 Å². The summed E-state index contributed by atoms with van der Waals surface area (Å²) in [5.41, 5.74) is 3.80. The molecule has 22 heavy (non-hydrogen) atoms. The Morgan fingerprint density at radius 3 is 2.86 bits per heavy atom. The van der Waals surface area contributed by atoms with Crippen molar-refractivity contribution in [3.63, 3.8) is 0 Å². The SMILES string of the molecule is CCNC(=NCCO)NCCc1c[nH]c2cccc(C)c12.I. The average Bonchev–Trinajstić information content (AvgIpc) is 2.89. The molecule has 6 heteroatoms. The van der Waals surface area contributed by atoms with Crippen LogP contribution in [0.25, 0.3) is 10.9 Å². The van der Waals surface area contributed by atoms with E-state index >= 15 is 0 Å². The lowest BCUT2D eigenvalue weighted by Gasteiger charge is -2.11. The first-order chi connectivity index (χ1) is 10.3. The van der Waals surface area contributed by atoms with Crippen LogP contribution >= 0.6 is 24.0 Å². The molecular weight excluding hydrogens is 391 g/mol. The van der Waals surface area contributed by atoms with Gasteiger partial charge in [-0.1, -0.05) is 12.1 Å². The first-order valence-corrected chi connectivity index (χ1v) is 7.45. The number of aromatic nitrogens is 1. The number of halogens is 1. The number of rotatable bonds is 6. The largest absolute Gasteiger partial charge is 0.394 e. The molecule has 0 amide bonds. The van der Waals surface area contributed by atoms with Crippen LogP contribution in [0.15, 0.2) is 29.4 Å². The molecule has 2 rings (SSSR count). The van der Waals surface area contributed by atoms with Crippen molar-refractivity contribution >= 4 is 40.8 Å². The molecule has 4 N–H and O–H groups in total. The van der Waals surface area contributed by atoms with Gasteiger partial charge in [-0.2, -0.15) is 0 Å². The molecule has 0 aliphatic rings. The molecule has 0 radical (unpaired) electrons. The van der Waals surface area contributed by atoms with E-state index in [1.165, 1.54) is 22.0 Å². The molecular formula is C16H25IN4O. The molecule has 0 unspecified atom stereocenters. The maximum atomic E-state index is 8.84. The molecule has 1 heterocycles. The quantitative estimate of drug-likeness (QED) is 0.332. The van der Waals surface area contributed by atoms with Gasteiger partial charge in [0, 0.05) is 30.2 Å². The molecule has 5 nitrogen and oxygen atoms in total. The second kappa shape index (κ2) is 9.68. The van der Waals surface area contributed by atoms with Gasteiger partial charge in [-0.05, 0) is 37.5 Å². The van der Waals surface area contributed by atoms with Crippen LogP contribution in [0.4, 0.5) is 0 Å². The van der Waals surface area contributed by atoms with Gasteiger partial charge >= 0.3 is 0 Å². The molecule has 2 aromatic rings. The van der Waals surface area contributed by atoms with E-state index in [2.05, 4.69) is 51.9 Å². The standard InChI is InChI=1S/C16H24N4O.HI/c1-3-17-16(19-9-10-21)18-8-7-13-11-20-14-6-4-5-12(2)15(13)14;/h4-6,11,20-21H,3,7-10H2,1-2H3,(H2,17,18,19);1H. The van der Waals surface area contributed by atoms with Crippen molar-refractivity contribution in [3.8, 4) is 0 Å². The van der Waals surface area contributed by atoms with Crippen molar-refractivity contribution in [2.75, 3.05) is 26.2 Å². The summed E-state index contributed by atoms with van der Waals surface area (Å²) < 4.78 is 0. The zero-order chi connectivity index (χ0) is 15.1. The van der Waals surface area contributed by atoms with Crippen LogP contribution in [-0.2, 0) is 6.42 Å². The summed E-state index contributed by atoms with van der Waals surface area (Å²) in [5.74, 6) is 0.753. The van der Waals surface area contributed by atoms with Crippen LogP contribution in [0, 0.1) is 6.92 Å². The van der Waals surface area contributed by atoms with Gasteiger partial charge in [0.15, 0.2) is 5.96 Å². The van der Waals surface area contributed by atoms with Crippen LogP contribution < -0.4 is 10.6 Å². The highest BCUT2D eigenvalue weighted by molar-refractivity contribution is 14.0. The maximum Gasteiger partial charge on any atom is 0.191 e. The van der Waals surface area contributed by atoms with Gasteiger partial charge in [-0.15, -0.1) is 24.0 Å². The summed E-state index contributed by atoms with van der Waals surface area (Å²) in [7, 11) is 0. The Morgan fingerprint density at radius 1 is 1.32 bits per heavy atom. The molecule has 0 aliphatic heterocycles. The van der Waals surface area contributed by atoms with Crippen LogP contribution in [0.1, 0.15) is 18.1 Å². The van der Waals surface area contributed by atoms with Gasteiger partial charge in [0.25, 0.3) is 0 Å². The van der Waals surface area contributed by atoms with Crippen LogP contribution in [-0.4, -0.2) is 42.3 Å². The first kappa shape index (κ1) is 18.8. The van der Waals surface area contributed by atoms with E-state index in [1.807, 2.05) is 6.92 Å². The summed E-state index contributed by atoms with van der Waals surface area (Å²) in [6.45, 7) is 6.26. The monoisotopic (exact) mass is 416 g/mol. The number of aromatic amines is 1. The summed E-state index contributed by atoms with van der Waals surface area (Å²) in [6.07, 6.45) is 3.01. The molecule has 1 aromatic carbocycles. The number of aliphatic imine (C=N–C) groups is 1. The fourth-order valence-corrected chi connectivity index (χ4v) is 2.47. The first-order valence-electron chi connectivity index (χ1n) is 7.45. The number of guanidine groups is 1. The van der Waals surface area contributed by atoms with E-state index in [-0.39, 0.29) is 30.6 Å². The number of benzene rings is 1. The second-order valence-corrected chi connectivity index (χ2v) is 4.97. The Labute approximate surface area is 148 Å². The Kier molecular flexibility index (Phi) is 8.26. The van der Waals surface area contributed by atoms with Gasteiger partial charge in [0.2, 0.25) is 0 Å². The Balaban J connectivity index is 0.00000242. The van der Waals surface area contributed by atoms with Gasteiger partial charge in [-0.3, -0.25) is 4.99 Å². The zero-order valence-corrected chi connectivity index (χ0v) is 15.5. The lowest BCUT2D eigenvalue weighted by molar-refractivity contribution is 0.306. The Hall–Kier alpha value is -1.28. The summed E-state index contributed by atoms with van der Waals surface area (Å²) >= 11 is 0. The minimum atomic E-state index is 0. The number of aliphatic hydroxyl groups excluding tert-OH is 1. The molecule has 0 fully saturated rings. The number of fused-ring (bicyclic) bond motifs is 1. The van der Waals surface area contributed by atoms with E-state index in [4.69, 9.17) is 5.11 Å². The maximum absolute atomic E-state index is 8.84. The fourth-order valence-electron chi connectivity index (χ4n) is 2.47. The second-order valence-electron chi connectivity index (χ2n) is 4.97. The number of H-pyrrole nitrogens is 1. The third-order valence-electron chi connectivity index (χ3n) is 3.40. The highest BCUT2D eigenvalue weighted by Crippen LogP contribution is 2.22. The van der Waals surface area contributed by atoms with Crippen molar-refractivity contribution in [1.82, 2.24) is 15.6 Å². The Morgan fingerprint density at radius 2 is 2.14 bits per heavy atom. The predicted octanol–water partition coefficient (Wildman–Crippen LogP) is 2.18. The van der Waals surface area contributed by atoms with Gasteiger partial charge in [0.1, 0.15) is 0 Å². The normalized spacial score (nSPS) is 11.3. The third-order valence-corrected chi connectivity index (χ3v) is 3.40. The average molecular weight is 416 g/mol. The molecule has 0 aliphatic carbocycles. The van der Waals surface area contributed by atoms with E-state index in [9.17, 15) is 0 Å². The number of aliphatic hydroxyl groups is 1. The highest BCUT2D eigenvalue weighted by atomic mass is 127. The van der Waals surface area contributed by atoms with Crippen molar-refractivity contribution in [1.29, 1.82) is 0 Å². The predicted molar refractivity (Wildman–Crippen MR) is 103 cm³/mol. The lowest BCUT2D eigenvalue weighted by atomic mass is 10.1.